The van der Waals surface area contributed by atoms with Gasteiger partial charge in [0.05, 0.1) is 28.9 Å². The fourth-order valence-electron chi connectivity index (χ4n) is 3.69. The molecule has 4 rings (SSSR count). The lowest BCUT2D eigenvalue weighted by Gasteiger charge is -2.37. The number of H-pyrrole nitrogens is 1. The van der Waals surface area contributed by atoms with Crippen molar-refractivity contribution in [2.75, 3.05) is 23.3 Å². The van der Waals surface area contributed by atoms with Crippen molar-refractivity contribution in [3.8, 4) is 0 Å². The Kier molecular flexibility index (Phi) is 5.38. The van der Waals surface area contributed by atoms with Gasteiger partial charge in [0.2, 0.25) is 0 Å². The smallest absolute Gasteiger partial charge is 0.295 e. The number of nitrogens with zero attached hydrogens (tertiary/aromatic N) is 2. The zero-order valence-electron chi connectivity index (χ0n) is 16.5. The Morgan fingerprint density at radius 3 is 2.60 bits per heavy atom. The molecule has 0 radical (unpaired) electrons. The number of hydrogen-bond donors (Lipinski definition) is 2. The first kappa shape index (κ1) is 20.2. The van der Waals surface area contributed by atoms with Gasteiger partial charge in [-0.1, -0.05) is 0 Å². The molecule has 0 saturated carbocycles. The number of fused-ring (bicyclic) bond motifs is 1. The van der Waals surface area contributed by atoms with Crippen LogP contribution in [-0.4, -0.2) is 41.2 Å². The molecular weight excluding hydrogens is 397 g/mol. The van der Waals surface area contributed by atoms with Gasteiger partial charge in [-0.25, -0.2) is 18.2 Å². The quantitative estimate of drug-likeness (QED) is 0.654. The number of alkyl halides is 2. The van der Waals surface area contributed by atoms with Gasteiger partial charge < -0.3 is 19.9 Å². The molecule has 1 amide bonds. The number of halogens is 3. The van der Waals surface area contributed by atoms with Crippen molar-refractivity contribution in [3.05, 3.63) is 53.6 Å². The highest BCUT2D eigenvalue weighted by atomic mass is 19.3. The van der Waals surface area contributed by atoms with Crippen molar-refractivity contribution in [2.45, 2.75) is 32.5 Å². The van der Waals surface area contributed by atoms with E-state index in [9.17, 15) is 18.0 Å². The summed E-state index contributed by atoms with van der Waals surface area (Å²) in [5.41, 5.74) is 1.66. The van der Waals surface area contributed by atoms with E-state index in [1.165, 1.54) is 24.3 Å². The molecule has 1 aliphatic heterocycles. The first-order valence-electron chi connectivity index (χ1n) is 9.59. The van der Waals surface area contributed by atoms with Crippen LogP contribution in [0.15, 0.2) is 36.4 Å². The number of morpholine rings is 1. The van der Waals surface area contributed by atoms with Crippen molar-refractivity contribution in [3.63, 3.8) is 0 Å². The highest BCUT2D eigenvalue weighted by Crippen LogP contribution is 2.27. The molecule has 1 aromatic heterocycles. The molecule has 2 aromatic carbocycles. The molecule has 0 bridgehead atoms. The maximum Gasteiger partial charge on any atom is 0.295 e. The minimum Gasteiger partial charge on any atom is -0.372 e. The van der Waals surface area contributed by atoms with Gasteiger partial charge >= 0.3 is 0 Å². The van der Waals surface area contributed by atoms with Gasteiger partial charge in [-0.2, -0.15) is 0 Å². The monoisotopic (exact) mass is 418 g/mol. The molecule has 0 spiro atoms. The summed E-state index contributed by atoms with van der Waals surface area (Å²) in [4.78, 5) is 20.7. The van der Waals surface area contributed by atoms with Crippen LogP contribution < -0.4 is 10.2 Å². The Labute approximate surface area is 171 Å². The van der Waals surface area contributed by atoms with Crippen LogP contribution in [0.5, 0.6) is 0 Å². The fraction of sp³-hybridized carbons (Fsp3) is 0.333. The van der Waals surface area contributed by atoms with Crippen LogP contribution in [0, 0.1) is 5.82 Å². The van der Waals surface area contributed by atoms with Crippen LogP contribution in [0.4, 0.5) is 24.5 Å². The average Bonchev–Trinajstić information content (AvgIpc) is 3.11. The first-order chi connectivity index (χ1) is 14.3. The van der Waals surface area contributed by atoms with Crippen molar-refractivity contribution < 1.29 is 22.7 Å². The zero-order chi connectivity index (χ0) is 21.4. The van der Waals surface area contributed by atoms with Crippen LogP contribution in [0.1, 0.15) is 36.5 Å². The predicted molar refractivity (Wildman–Crippen MR) is 108 cm³/mol. The van der Waals surface area contributed by atoms with E-state index in [2.05, 4.69) is 15.3 Å². The molecule has 9 heteroatoms. The van der Waals surface area contributed by atoms with Gasteiger partial charge in [0.15, 0.2) is 5.82 Å². The van der Waals surface area contributed by atoms with E-state index in [1.54, 1.807) is 12.1 Å². The first-order valence-corrected chi connectivity index (χ1v) is 9.59. The molecule has 1 fully saturated rings. The van der Waals surface area contributed by atoms with Gasteiger partial charge in [-0.05, 0) is 50.2 Å². The van der Waals surface area contributed by atoms with Crippen LogP contribution in [0.25, 0.3) is 11.0 Å². The molecule has 0 aliphatic carbocycles. The fourth-order valence-corrected chi connectivity index (χ4v) is 3.69. The van der Waals surface area contributed by atoms with Crippen LogP contribution >= 0.6 is 0 Å². The standard InChI is InChI=1S/C21H21F3N4O2/c1-11-9-28(10-12(2)30-11)18-6-4-14(8-15(18)22)25-21(29)13-3-5-16-17(7-13)27-20(26-16)19(23)24/h3-8,11-12,19H,9-10H2,1-2H3,(H,25,29)(H,26,27). The van der Waals surface area contributed by atoms with E-state index in [4.69, 9.17) is 4.74 Å². The highest BCUT2D eigenvalue weighted by Gasteiger charge is 2.24. The zero-order valence-corrected chi connectivity index (χ0v) is 16.5. The van der Waals surface area contributed by atoms with Gasteiger partial charge in [-0.15, -0.1) is 0 Å². The van der Waals surface area contributed by atoms with Crippen LogP contribution in [-0.2, 0) is 4.74 Å². The van der Waals surface area contributed by atoms with Gasteiger partial charge in [0.25, 0.3) is 12.3 Å². The second-order valence-electron chi connectivity index (χ2n) is 7.44. The van der Waals surface area contributed by atoms with Gasteiger partial charge in [0, 0.05) is 24.3 Å². The number of carbonyl (C=O) groups excluding carboxylic acids is 1. The second kappa shape index (κ2) is 7.98. The van der Waals surface area contributed by atoms with E-state index in [0.29, 0.717) is 35.5 Å². The molecular formula is C21H21F3N4O2. The molecule has 158 valence electrons. The van der Waals surface area contributed by atoms with E-state index < -0.39 is 24.0 Å². The van der Waals surface area contributed by atoms with Gasteiger partial charge in [-0.3, -0.25) is 4.79 Å². The number of carbonyl (C=O) groups is 1. The number of amides is 1. The lowest BCUT2D eigenvalue weighted by atomic mass is 10.1. The summed E-state index contributed by atoms with van der Waals surface area (Å²) in [5.74, 6) is -1.38. The van der Waals surface area contributed by atoms with E-state index in [-0.39, 0.29) is 17.8 Å². The molecule has 6 nitrogen and oxygen atoms in total. The third-order valence-electron chi connectivity index (χ3n) is 4.93. The number of anilines is 2. The Bertz CT molecular complexity index is 1080. The topological polar surface area (TPSA) is 70.2 Å². The Balaban J connectivity index is 1.50. The van der Waals surface area contributed by atoms with Crippen LogP contribution in [0.2, 0.25) is 0 Å². The number of aromatic amines is 1. The number of hydrogen-bond acceptors (Lipinski definition) is 4. The third-order valence-corrected chi connectivity index (χ3v) is 4.93. The Morgan fingerprint density at radius 2 is 1.93 bits per heavy atom. The summed E-state index contributed by atoms with van der Waals surface area (Å²) in [7, 11) is 0. The van der Waals surface area contributed by atoms with Crippen molar-refractivity contribution >= 4 is 28.3 Å². The molecule has 2 heterocycles. The van der Waals surface area contributed by atoms with E-state index in [1.807, 2.05) is 18.7 Å². The molecule has 1 aliphatic rings. The van der Waals surface area contributed by atoms with Gasteiger partial charge in [0.1, 0.15) is 5.82 Å². The number of rotatable bonds is 4. The SMILES string of the molecule is CC1CN(c2ccc(NC(=O)c3ccc4nc(C(F)F)[nH]c4c3)cc2F)CC(C)O1. The molecule has 3 aromatic rings. The predicted octanol–water partition coefficient (Wildman–Crippen LogP) is 4.51. The number of aromatic nitrogens is 2. The molecule has 2 atom stereocenters. The number of ether oxygens (including phenoxy) is 1. The Hall–Kier alpha value is -3.07. The lowest BCUT2D eigenvalue weighted by molar-refractivity contribution is -0.00539. The summed E-state index contributed by atoms with van der Waals surface area (Å²) in [6.45, 7) is 5.04. The largest absolute Gasteiger partial charge is 0.372 e. The van der Waals surface area contributed by atoms with E-state index >= 15 is 0 Å². The summed E-state index contributed by atoms with van der Waals surface area (Å²) in [6, 6.07) is 8.92. The molecule has 1 saturated heterocycles. The number of benzene rings is 2. The van der Waals surface area contributed by atoms with Crippen molar-refractivity contribution in [2.24, 2.45) is 0 Å². The summed E-state index contributed by atoms with van der Waals surface area (Å²) in [6.07, 6.45) is -2.74. The summed E-state index contributed by atoms with van der Waals surface area (Å²) < 4.78 is 46.0. The molecule has 30 heavy (non-hydrogen) atoms. The maximum absolute atomic E-state index is 14.7. The van der Waals surface area contributed by atoms with Crippen molar-refractivity contribution in [1.82, 2.24) is 9.97 Å². The minimum absolute atomic E-state index is 0.00415. The van der Waals surface area contributed by atoms with Crippen molar-refractivity contribution in [1.29, 1.82) is 0 Å². The molecule has 2 unspecified atom stereocenters. The lowest BCUT2D eigenvalue weighted by Crippen LogP contribution is -2.45. The summed E-state index contributed by atoms with van der Waals surface area (Å²) >= 11 is 0. The van der Waals surface area contributed by atoms with Crippen LogP contribution in [0.3, 0.4) is 0 Å². The third kappa shape index (κ3) is 4.11. The minimum atomic E-state index is -2.73. The maximum atomic E-state index is 14.7. The normalized spacial score (nSPS) is 19.5. The second-order valence-corrected chi connectivity index (χ2v) is 7.44. The summed E-state index contributed by atoms with van der Waals surface area (Å²) in [5, 5.41) is 2.64. The highest BCUT2D eigenvalue weighted by molar-refractivity contribution is 6.06. The van der Waals surface area contributed by atoms with E-state index in [0.717, 1.165) is 0 Å². The molecule has 2 N–H and O–H groups in total. The average molecular weight is 418 g/mol. The number of nitrogens with one attached hydrogen (secondary N) is 2. The number of imidazole rings is 1. The Morgan fingerprint density at radius 1 is 1.20 bits per heavy atom.